The Kier molecular flexibility index (Phi) is 7.26. The predicted octanol–water partition coefficient (Wildman–Crippen LogP) is 1.94. The van der Waals surface area contributed by atoms with Crippen molar-refractivity contribution in [3.63, 3.8) is 0 Å². The standard InChI is InChI=1S/C10H18O3/c1-3-10(12)13-8-4-5-9(2)6-7-11/h7,9H,3-6,8H2,1-2H3. The molecule has 0 saturated carbocycles. The molecule has 0 heterocycles. The Morgan fingerprint density at radius 1 is 1.54 bits per heavy atom. The van der Waals surface area contributed by atoms with E-state index in [1.165, 1.54) is 0 Å². The summed E-state index contributed by atoms with van der Waals surface area (Å²) in [4.78, 5) is 20.8. The van der Waals surface area contributed by atoms with Gasteiger partial charge in [-0.1, -0.05) is 13.8 Å². The minimum atomic E-state index is -0.150. The van der Waals surface area contributed by atoms with Gasteiger partial charge in [-0.25, -0.2) is 0 Å². The van der Waals surface area contributed by atoms with Crippen LogP contribution in [0.15, 0.2) is 0 Å². The highest BCUT2D eigenvalue weighted by Gasteiger charge is 2.02. The third kappa shape index (κ3) is 7.50. The summed E-state index contributed by atoms with van der Waals surface area (Å²) in [5.74, 6) is 0.251. The van der Waals surface area contributed by atoms with Crippen molar-refractivity contribution in [3.05, 3.63) is 0 Å². The van der Waals surface area contributed by atoms with Crippen LogP contribution in [-0.2, 0) is 14.3 Å². The first-order valence-electron chi connectivity index (χ1n) is 4.80. The molecule has 1 unspecified atom stereocenters. The monoisotopic (exact) mass is 186 g/mol. The maximum absolute atomic E-state index is 10.7. The van der Waals surface area contributed by atoms with Crippen molar-refractivity contribution in [2.24, 2.45) is 5.92 Å². The van der Waals surface area contributed by atoms with E-state index in [-0.39, 0.29) is 5.97 Å². The molecular weight excluding hydrogens is 168 g/mol. The van der Waals surface area contributed by atoms with Crippen molar-refractivity contribution in [1.29, 1.82) is 0 Å². The first-order chi connectivity index (χ1) is 6.20. The molecule has 0 bridgehead atoms. The van der Waals surface area contributed by atoms with Crippen LogP contribution in [0, 0.1) is 5.92 Å². The van der Waals surface area contributed by atoms with Gasteiger partial charge in [0, 0.05) is 12.8 Å². The number of carbonyl (C=O) groups excluding carboxylic acids is 2. The predicted molar refractivity (Wildman–Crippen MR) is 50.3 cm³/mol. The molecule has 13 heavy (non-hydrogen) atoms. The van der Waals surface area contributed by atoms with Crippen molar-refractivity contribution in [2.45, 2.75) is 39.5 Å². The smallest absolute Gasteiger partial charge is 0.305 e. The molecular formula is C10H18O3. The molecule has 0 aromatic heterocycles. The lowest BCUT2D eigenvalue weighted by molar-refractivity contribution is -0.143. The van der Waals surface area contributed by atoms with Gasteiger partial charge in [0.2, 0.25) is 0 Å². The van der Waals surface area contributed by atoms with Crippen LogP contribution < -0.4 is 0 Å². The highest BCUT2D eigenvalue weighted by Crippen LogP contribution is 2.08. The quantitative estimate of drug-likeness (QED) is 0.347. The van der Waals surface area contributed by atoms with Gasteiger partial charge >= 0.3 is 5.97 Å². The zero-order chi connectivity index (χ0) is 10.1. The SMILES string of the molecule is CCC(=O)OCCCC(C)CC=O. The maximum atomic E-state index is 10.7. The molecule has 0 fully saturated rings. The van der Waals surface area contributed by atoms with E-state index in [1.54, 1.807) is 6.92 Å². The number of hydrogen-bond donors (Lipinski definition) is 0. The van der Waals surface area contributed by atoms with E-state index < -0.39 is 0 Å². The van der Waals surface area contributed by atoms with E-state index in [1.807, 2.05) is 6.92 Å². The maximum Gasteiger partial charge on any atom is 0.305 e. The summed E-state index contributed by atoms with van der Waals surface area (Å²) < 4.78 is 4.89. The molecule has 0 aliphatic rings. The van der Waals surface area contributed by atoms with Gasteiger partial charge < -0.3 is 9.53 Å². The van der Waals surface area contributed by atoms with Crippen LogP contribution in [0.3, 0.4) is 0 Å². The van der Waals surface area contributed by atoms with Crippen molar-refractivity contribution in [1.82, 2.24) is 0 Å². The lowest BCUT2D eigenvalue weighted by Gasteiger charge is -2.07. The van der Waals surface area contributed by atoms with Crippen LogP contribution in [0.5, 0.6) is 0 Å². The lowest BCUT2D eigenvalue weighted by Crippen LogP contribution is -2.05. The van der Waals surface area contributed by atoms with E-state index in [9.17, 15) is 9.59 Å². The summed E-state index contributed by atoms with van der Waals surface area (Å²) in [6, 6.07) is 0. The average molecular weight is 186 g/mol. The number of aldehydes is 1. The number of hydrogen-bond acceptors (Lipinski definition) is 3. The van der Waals surface area contributed by atoms with Gasteiger partial charge in [-0.05, 0) is 18.8 Å². The zero-order valence-corrected chi connectivity index (χ0v) is 8.41. The summed E-state index contributed by atoms with van der Waals surface area (Å²) in [5.41, 5.74) is 0. The minimum absolute atomic E-state index is 0.150. The van der Waals surface area contributed by atoms with Crippen LogP contribution in [0.1, 0.15) is 39.5 Å². The van der Waals surface area contributed by atoms with E-state index in [2.05, 4.69) is 0 Å². The molecule has 0 aromatic carbocycles. The summed E-state index contributed by atoms with van der Waals surface area (Å²) >= 11 is 0. The number of rotatable bonds is 7. The summed E-state index contributed by atoms with van der Waals surface area (Å²) in [5, 5.41) is 0. The Bertz CT molecular complexity index is 154. The molecule has 1 atom stereocenters. The third-order valence-electron chi connectivity index (χ3n) is 1.89. The summed E-state index contributed by atoms with van der Waals surface area (Å²) in [6.45, 7) is 4.28. The first-order valence-corrected chi connectivity index (χ1v) is 4.80. The summed E-state index contributed by atoms with van der Waals surface area (Å²) in [7, 11) is 0. The molecule has 76 valence electrons. The van der Waals surface area contributed by atoms with Crippen LogP contribution in [0.2, 0.25) is 0 Å². The molecule has 3 nitrogen and oxygen atoms in total. The number of ether oxygens (including phenoxy) is 1. The van der Waals surface area contributed by atoms with Crippen molar-refractivity contribution in [2.75, 3.05) is 6.61 Å². The Balaban J connectivity index is 3.24. The topological polar surface area (TPSA) is 43.4 Å². The van der Waals surface area contributed by atoms with Gasteiger partial charge in [0.15, 0.2) is 0 Å². The van der Waals surface area contributed by atoms with Crippen LogP contribution >= 0.6 is 0 Å². The van der Waals surface area contributed by atoms with E-state index in [0.717, 1.165) is 19.1 Å². The molecule has 0 radical (unpaired) electrons. The second kappa shape index (κ2) is 7.77. The Morgan fingerprint density at radius 2 is 2.23 bits per heavy atom. The van der Waals surface area contributed by atoms with E-state index in [4.69, 9.17) is 4.74 Å². The van der Waals surface area contributed by atoms with Crippen LogP contribution in [-0.4, -0.2) is 18.9 Å². The Morgan fingerprint density at radius 3 is 2.77 bits per heavy atom. The van der Waals surface area contributed by atoms with Crippen molar-refractivity contribution in [3.8, 4) is 0 Å². The Hall–Kier alpha value is -0.860. The van der Waals surface area contributed by atoms with Gasteiger partial charge in [-0.2, -0.15) is 0 Å². The van der Waals surface area contributed by atoms with E-state index >= 15 is 0 Å². The first kappa shape index (κ1) is 12.1. The second-order valence-electron chi connectivity index (χ2n) is 3.22. The minimum Gasteiger partial charge on any atom is -0.466 e. The fourth-order valence-electron chi connectivity index (χ4n) is 1.00. The highest BCUT2D eigenvalue weighted by molar-refractivity contribution is 5.68. The van der Waals surface area contributed by atoms with Crippen LogP contribution in [0.4, 0.5) is 0 Å². The highest BCUT2D eigenvalue weighted by atomic mass is 16.5. The third-order valence-corrected chi connectivity index (χ3v) is 1.89. The van der Waals surface area contributed by atoms with Crippen LogP contribution in [0.25, 0.3) is 0 Å². The van der Waals surface area contributed by atoms with Gasteiger partial charge in [0.1, 0.15) is 6.29 Å². The van der Waals surface area contributed by atoms with Crippen molar-refractivity contribution >= 4 is 12.3 Å². The molecule has 0 aromatic rings. The molecule has 3 heteroatoms. The van der Waals surface area contributed by atoms with Gasteiger partial charge in [0.05, 0.1) is 6.61 Å². The van der Waals surface area contributed by atoms with Gasteiger partial charge in [-0.15, -0.1) is 0 Å². The van der Waals surface area contributed by atoms with E-state index in [0.29, 0.717) is 25.4 Å². The molecule has 0 N–H and O–H groups in total. The number of carbonyl (C=O) groups is 2. The lowest BCUT2D eigenvalue weighted by atomic mass is 10.0. The second-order valence-corrected chi connectivity index (χ2v) is 3.22. The fraction of sp³-hybridized carbons (Fsp3) is 0.800. The summed E-state index contributed by atoms with van der Waals surface area (Å²) in [6.07, 6.45) is 3.75. The molecule has 0 saturated heterocycles. The average Bonchev–Trinajstić information content (AvgIpc) is 2.12. The zero-order valence-electron chi connectivity index (χ0n) is 8.41. The molecule has 0 rings (SSSR count). The molecule has 0 amide bonds. The molecule has 0 aliphatic heterocycles. The van der Waals surface area contributed by atoms with Gasteiger partial charge in [-0.3, -0.25) is 4.79 Å². The molecule has 0 spiro atoms. The number of esters is 1. The molecule has 0 aliphatic carbocycles. The van der Waals surface area contributed by atoms with Gasteiger partial charge in [0.25, 0.3) is 0 Å². The largest absolute Gasteiger partial charge is 0.466 e. The Labute approximate surface area is 79.5 Å². The fourth-order valence-corrected chi connectivity index (χ4v) is 1.00. The normalized spacial score (nSPS) is 12.2. The van der Waals surface area contributed by atoms with Crippen molar-refractivity contribution < 1.29 is 14.3 Å².